The number of halogens is 1. The monoisotopic (exact) mass is 644 g/mol. The van der Waals surface area contributed by atoms with Crippen LogP contribution in [0.1, 0.15) is 45.4 Å². The second-order valence-electron chi connectivity index (χ2n) is 10.6. The maximum atomic E-state index is 13.1. The normalized spacial score (nSPS) is 20.8. The van der Waals surface area contributed by atoms with Crippen LogP contribution in [0, 0.1) is 5.92 Å². The van der Waals surface area contributed by atoms with Crippen LogP contribution in [-0.2, 0) is 29.1 Å². The minimum absolute atomic E-state index is 0.108. The predicted molar refractivity (Wildman–Crippen MR) is 161 cm³/mol. The van der Waals surface area contributed by atoms with E-state index >= 15 is 0 Å². The van der Waals surface area contributed by atoms with Crippen LogP contribution in [0.15, 0.2) is 28.5 Å². The summed E-state index contributed by atoms with van der Waals surface area (Å²) in [6, 6.07) is 5.78. The summed E-state index contributed by atoms with van der Waals surface area (Å²) in [5.74, 6) is -0.476. The number of amides is 2. The largest absolute Gasteiger partial charge is 0.468 e. The summed E-state index contributed by atoms with van der Waals surface area (Å²) in [7, 11) is -2.48. The second-order valence-corrected chi connectivity index (χ2v) is 15.3. The van der Waals surface area contributed by atoms with Gasteiger partial charge in [0, 0.05) is 29.4 Å². The maximum absolute atomic E-state index is 13.1. The van der Waals surface area contributed by atoms with E-state index in [1.807, 2.05) is 6.07 Å². The van der Waals surface area contributed by atoms with Crippen molar-refractivity contribution >= 4 is 62.1 Å². The number of likely N-dealkylation sites (tertiary alicyclic amines) is 2. The molecular weight excluding hydrogens is 608 g/mol. The molecule has 2 aliphatic heterocycles. The molecule has 0 spiro atoms. The van der Waals surface area contributed by atoms with Crippen molar-refractivity contribution in [1.29, 1.82) is 0 Å². The summed E-state index contributed by atoms with van der Waals surface area (Å²) >= 11 is 8.49. The molecule has 226 valence electrons. The Kier molecular flexibility index (Phi) is 11.2. The van der Waals surface area contributed by atoms with Crippen molar-refractivity contribution in [2.45, 2.75) is 61.7 Å². The summed E-state index contributed by atoms with van der Waals surface area (Å²) in [4.78, 5) is 42.8. The standard InChI is InChI=1S/C27H37ClN4O6S3/c1-18(16-31-14-5-8-20(31)27(35)38-2)6-3-13-29-24(33)17-32-15-4-7-19(26(32)34)30-41(36,37)25-12-10-22(40-25)21-9-11-23(28)39-21/h9-12,18-20,30H,3-8,13-17H2,1-2H3,(H,29,33)/t18-,19-,20?/m0/s1. The van der Waals surface area contributed by atoms with Crippen LogP contribution in [0.25, 0.3) is 9.75 Å². The lowest BCUT2D eigenvalue weighted by molar-refractivity contribution is -0.146. The maximum Gasteiger partial charge on any atom is 0.323 e. The molecule has 14 heteroatoms. The highest BCUT2D eigenvalue weighted by Gasteiger charge is 2.34. The molecule has 0 aliphatic carbocycles. The van der Waals surface area contributed by atoms with Crippen molar-refractivity contribution in [3.63, 3.8) is 0 Å². The van der Waals surface area contributed by atoms with Gasteiger partial charge in [-0.25, -0.2) is 8.42 Å². The zero-order chi connectivity index (χ0) is 29.6. The van der Waals surface area contributed by atoms with Crippen molar-refractivity contribution in [2.24, 2.45) is 5.92 Å². The van der Waals surface area contributed by atoms with Gasteiger partial charge in [-0.1, -0.05) is 18.5 Å². The van der Waals surface area contributed by atoms with E-state index in [0.717, 1.165) is 59.9 Å². The zero-order valence-corrected chi connectivity index (χ0v) is 26.5. The zero-order valence-electron chi connectivity index (χ0n) is 23.3. The van der Waals surface area contributed by atoms with Gasteiger partial charge in [-0.2, -0.15) is 4.72 Å². The number of hydrogen-bond donors (Lipinski definition) is 2. The summed E-state index contributed by atoms with van der Waals surface area (Å²) in [6.45, 7) is 4.61. The third-order valence-electron chi connectivity index (χ3n) is 7.40. The Morgan fingerprint density at radius 3 is 2.59 bits per heavy atom. The van der Waals surface area contributed by atoms with Crippen molar-refractivity contribution < 1.29 is 27.5 Å². The van der Waals surface area contributed by atoms with Gasteiger partial charge >= 0.3 is 5.97 Å². The van der Waals surface area contributed by atoms with Gasteiger partial charge in [-0.3, -0.25) is 19.3 Å². The number of rotatable bonds is 13. The number of methoxy groups -OCH3 is 1. The van der Waals surface area contributed by atoms with Crippen LogP contribution in [0.5, 0.6) is 0 Å². The molecule has 41 heavy (non-hydrogen) atoms. The van der Waals surface area contributed by atoms with Gasteiger partial charge in [-0.05, 0) is 75.3 Å². The van der Waals surface area contributed by atoms with Gasteiger partial charge in [0.05, 0.1) is 18.0 Å². The lowest BCUT2D eigenvalue weighted by Gasteiger charge is -2.32. The van der Waals surface area contributed by atoms with Crippen molar-refractivity contribution in [3.8, 4) is 9.75 Å². The minimum atomic E-state index is -3.91. The van der Waals surface area contributed by atoms with E-state index in [9.17, 15) is 22.8 Å². The molecule has 2 aromatic rings. The fourth-order valence-electron chi connectivity index (χ4n) is 5.34. The molecule has 0 aromatic carbocycles. The van der Waals surface area contributed by atoms with Crippen molar-refractivity contribution in [2.75, 3.05) is 39.8 Å². The van der Waals surface area contributed by atoms with Gasteiger partial charge in [-0.15, -0.1) is 22.7 Å². The molecule has 2 N–H and O–H groups in total. The van der Waals surface area contributed by atoms with Gasteiger partial charge in [0.1, 0.15) is 16.3 Å². The van der Waals surface area contributed by atoms with Crippen LogP contribution < -0.4 is 10.0 Å². The lowest BCUT2D eigenvalue weighted by Crippen LogP contribution is -2.54. The molecule has 3 atom stereocenters. The minimum Gasteiger partial charge on any atom is -0.468 e. The summed E-state index contributed by atoms with van der Waals surface area (Å²) in [5, 5.41) is 2.88. The van der Waals surface area contributed by atoms with Crippen LogP contribution in [0.3, 0.4) is 0 Å². The predicted octanol–water partition coefficient (Wildman–Crippen LogP) is 3.57. The van der Waals surface area contributed by atoms with E-state index in [1.165, 1.54) is 29.4 Å². The third kappa shape index (κ3) is 8.51. The number of hydrogen-bond acceptors (Lipinski definition) is 9. The Balaban J connectivity index is 1.20. The topological polar surface area (TPSA) is 125 Å². The van der Waals surface area contributed by atoms with Gasteiger partial charge in [0.15, 0.2) is 0 Å². The molecule has 0 radical (unpaired) electrons. The number of sulfonamides is 1. The van der Waals surface area contributed by atoms with Crippen molar-refractivity contribution in [3.05, 3.63) is 28.6 Å². The van der Waals surface area contributed by atoms with Gasteiger partial charge in [0.2, 0.25) is 11.8 Å². The van der Waals surface area contributed by atoms with Crippen LogP contribution >= 0.6 is 34.3 Å². The molecule has 2 saturated heterocycles. The molecule has 2 aliphatic rings. The highest BCUT2D eigenvalue weighted by atomic mass is 35.5. The summed E-state index contributed by atoms with van der Waals surface area (Å²) in [6.07, 6.45) is 4.45. The molecule has 4 rings (SSSR count). The number of esters is 1. The fourth-order valence-corrected chi connectivity index (χ4v) is 9.02. The number of carbonyl (C=O) groups is 3. The highest BCUT2D eigenvalue weighted by molar-refractivity contribution is 7.91. The number of ether oxygens (including phenoxy) is 1. The molecule has 1 unspecified atom stereocenters. The first kappa shape index (κ1) is 31.9. The van der Waals surface area contributed by atoms with E-state index in [2.05, 4.69) is 21.9 Å². The first-order chi connectivity index (χ1) is 19.6. The molecule has 0 saturated carbocycles. The number of nitrogens with one attached hydrogen (secondary N) is 2. The first-order valence-electron chi connectivity index (χ1n) is 13.8. The number of piperidine rings is 1. The van der Waals surface area contributed by atoms with Crippen LogP contribution in [-0.4, -0.2) is 87.9 Å². The molecule has 10 nitrogen and oxygen atoms in total. The highest BCUT2D eigenvalue weighted by Crippen LogP contribution is 2.37. The molecular formula is C27H37ClN4O6S3. The van der Waals surface area contributed by atoms with Crippen molar-refractivity contribution in [1.82, 2.24) is 19.8 Å². The molecule has 0 bridgehead atoms. The van der Waals surface area contributed by atoms with Gasteiger partial charge < -0.3 is 15.0 Å². The Labute approximate surface area is 254 Å². The number of thiophene rings is 2. The van der Waals surface area contributed by atoms with E-state index < -0.39 is 22.0 Å². The third-order valence-corrected chi connectivity index (χ3v) is 11.9. The SMILES string of the molecule is COC(=O)C1CCCN1C[C@@H](C)CCCNC(=O)CN1CCC[C@H](NS(=O)(=O)c2ccc(-c3ccc(Cl)s3)s2)C1=O. The van der Waals surface area contributed by atoms with E-state index in [-0.39, 0.29) is 28.7 Å². The fraction of sp³-hybridized carbons (Fsp3) is 0.593. The van der Waals surface area contributed by atoms with Crippen LogP contribution in [0.2, 0.25) is 4.34 Å². The molecule has 2 aromatic heterocycles. The summed E-state index contributed by atoms with van der Waals surface area (Å²) in [5.41, 5.74) is 0. The van der Waals surface area contributed by atoms with E-state index in [1.54, 1.807) is 12.1 Å². The Bertz CT molecular complexity index is 1330. The molecule has 4 heterocycles. The average Bonchev–Trinajstić information content (AvgIpc) is 3.70. The van der Waals surface area contributed by atoms with E-state index in [0.29, 0.717) is 36.2 Å². The first-order valence-corrected chi connectivity index (χ1v) is 17.3. The average molecular weight is 645 g/mol. The lowest BCUT2D eigenvalue weighted by atomic mass is 10.0. The second kappa shape index (κ2) is 14.4. The smallest absolute Gasteiger partial charge is 0.323 e. The Hall–Kier alpha value is -2.03. The Morgan fingerprint density at radius 1 is 1.12 bits per heavy atom. The van der Waals surface area contributed by atoms with E-state index in [4.69, 9.17) is 16.3 Å². The van der Waals surface area contributed by atoms with Crippen LogP contribution in [0.4, 0.5) is 0 Å². The molecule has 2 fully saturated rings. The number of carbonyl (C=O) groups excluding carboxylic acids is 3. The quantitative estimate of drug-likeness (QED) is 0.252. The van der Waals surface area contributed by atoms with Gasteiger partial charge in [0.25, 0.3) is 10.0 Å². The summed E-state index contributed by atoms with van der Waals surface area (Å²) < 4.78 is 34.3. The Morgan fingerprint density at radius 2 is 1.85 bits per heavy atom. The number of nitrogens with zero attached hydrogens (tertiary/aromatic N) is 2. The molecule has 2 amide bonds.